The Kier molecular flexibility index (Phi) is 6.53. The van der Waals surface area contributed by atoms with Crippen LogP contribution in [0.5, 0.6) is 5.75 Å². The molecule has 0 spiro atoms. The fourth-order valence-corrected chi connectivity index (χ4v) is 2.50. The summed E-state index contributed by atoms with van der Waals surface area (Å²) in [6, 6.07) is 6.86. The summed E-state index contributed by atoms with van der Waals surface area (Å²) < 4.78 is 19.0. The van der Waals surface area contributed by atoms with Gasteiger partial charge in [-0.25, -0.2) is 4.68 Å². The monoisotopic (exact) mass is 380 g/mol. The summed E-state index contributed by atoms with van der Waals surface area (Å²) in [4.78, 5) is 24.1. The predicted molar refractivity (Wildman–Crippen MR) is 98.8 cm³/mol. The van der Waals surface area contributed by atoms with Crippen LogP contribution in [-0.4, -0.2) is 22.2 Å². The Labute approximate surface area is 156 Å². The Hall–Kier alpha value is -2.21. The Morgan fingerprint density at radius 3 is 2.50 bits per heavy atom. The van der Waals surface area contributed by atoms with E-state index < -0.39 is 17.8 Å². The number of aromatic nitrogens is 2. The van der Waals surface area contributed by atoms with Gasteiger partial charge < -0.3 is 4.74 Å². The molecular weight excluding hydrogens is 359 g/mol. The smallest absolute Gasteiger partial charge is 0.289 e. The average Bonchev–Trinajstić information content (AvgIpc) is 2.60. The van der Waals surface area contributed by atoms with Gasteiger partial charge in [-0.1, -0.05) is 35.9 Å². The number of carbonyl (C=O) groups is 1. The molecule has 0 amide bonds. The number of ketones is 1. The molecule has 0 fully saturated rings. The molecule has 0 N–H and O–H groups in total. The molecule has 5 nitrogen and oxygen atoms in total. The highest BCUT2D eigenvalue weighted by molar-refractivity contribution is 6.31. The molecule has 1 heterocycles. The van der Waals surface area contributed by atoms with Crippen LogP contribution in [0, 0.1) is 0 Å². The number of ether oxygens (including phenoxy) is 1. The van der Waals surface area contributed by atoms with Crippen LogP contribution in [0.15, 0.2) is 35.3 Å². The van der Waals surface area contributed by atoms with Gasteiger partial charge in [-0.15, -0.1) is 0 Å². The first-order valence-corrected chi connectivity index (χ1v) is 8.71. The fourth-order valence-electron chi connectivity index (χ4n) is 2.32. The summed E-state index contributed by atoms with van der Waals surface area (Å²) in [5, 5.41) is 4.09. The van der Waals surface area contributed by atoms with E-state index in [4.69, 9.17) is 16.3 Å². The van der Waals surface area contributed by atoms with E-state index in [1.807, 2.05) is 20.8 Å². The molecule has 0 aliphatic heterocycles. The van der Waals surface area contributed by atoms with Gasteiger partial charge in [0.2, 0.25) is 0 Å². The minimum atomic E-state index is -0.500. The van der Waals surface area contributed by atoms with Crippen LogP contribution in [0.25, 0.3) is 0 Å². The van der Waals surface area contributed by atoms with Crippen molar-refractivity contribution in [3.63, 3.8) is 0 Å². The molecule has 1 aromatic heterocycles. The fraction of sp³-hybridized carbons (Fsp3) is 0.421. The number of alkyl halides is 1. The Bertz CT molecular complexity index is 826. The molecule has 0 radical (unpaired) electrons. The van der Waals surface area contributed by atoms with Crippen LogP contribution >= 0.6 is 11.6 Å². The third kappa shape index (κ3) is 4.91. The number of Topliss-reactive ketones (excluding diaryl/α,β-unsaturated/α-hetero) is 1. The number of hydrogen-bond acceptors (Lipinski definition) is 4. The van der Waals surface area contributed by atoms with Gasteiger partial charge in [0.25, 0.3) is 5.56 Å². The number of carbonyl (C=O) groups excluding carboxylic acids is 1. The quantitative estimate of drug-likeness (QED) is 0.676. The van der Waals surface area contributed by atoms with Crippen molar-refractivity contribution in [2.45, 2.75) is 45.8 Å². The SMILES string of the molecule is CC(C)(C)n1ncc(OCc2ccc(C(=O)CCCF)cc2)c(Cl)c1=O. The maximum Gasteiger partial charge on any atom is 0.289 e. The van der Waals surface area contributed by atoms with E-state index in [9.17, 15) is 14.0 Å². The zero-order valence-corrected chi connectivity index (χ0v) is 15.8. The molecule has 0 saturated carbocycles. The van der Waals surface area contributed by atoms with Crippen molar-refractivity contribution in [3.05, 3.63) is 57.0 Å². The van der Waals surface area contributed by atoms with Crippen LogP contribution in [0.2, 0.25) is 5.02 Å². The van der Waals surface area contributed by atoms with Crippen molar-refractivity contribution >= 4 is 17.4 Å². The Morgan fingerprint density at radius 1 is 1.27 bits per heavy atom. The average molecular weight is 381 g/mol. The number of nitrogens with zero attached hydrogens (tertiary/aromatic N) is 2. The first kappa shape index (κ1) is 20.1. The molecule has 0 bridgehead atoms. The molecular formula is C19H22ClFN2O3. The van der Waals surface area contributed by atoms with E-state index in [2.05, 4.69) is 5.10 Å². The van der Waals surface area contributed by atoms with Crippen molar-refractivity contribution in [2.24, 2.45) is 0 Å². The molecule has 26 heavy (non-hydrogen) atoms. The highest BCUT2D eigenvalue weighted by Gasteiger charge is 2.20. The maximum atomic E-state index is 12.3. The van der Waals surface area contributed by atoms with Gasteiger partial charge in [0.1, 0.15) is 6.61 Å². The predicted octanol–water partition coefficient (Wildman–Crippen LogP) is 4.16. The van der Waals surface area contributed by atoms with Gasteiger partial charge in [0, 0.05) is 12.0 Å². The van der Waals surface area contributed by atoms with Crippen molar-refractivity contribution < 1.29 is 13.9 Å². The lowest BCUT2D eigenvalue weighted by molar-refractivity contribution is 0.0977. The number of rotatable bonds is 7. The highest BCUT2D eigenvalue weighted by atomic mass is 35.5. The summed E-state index contributed by atoms with van der Waals surface area (Å²) in [6.07, 6.45) is 1.84. The second kappa shape index (κ2) is 8.45. The van der Waals surface area contributed by atoms with Crippen LogP contribution in [0.1, 0.15) is 49.5 Å². The van der Waals surface area contributed by atoms with E-state index in [-0.39, 0.29) is 36.0 Å². The summed E-state index contributed by atoms with van der Waals surface area (Å²) in [5.74, 6) is 0.119. The van der Waals surface area contributed by atoms with Gasteiger partial charge in [0.15, 0.2) is 16.6 Å². The van der Waals surface area contributed by atoms with Crippen molar-refractivity contribution in [1.29, 1.82) is 0 Å². The molecule has 0 saturated heterocycles. The highest BCUT2D eigenvalue weighted by Crippen LogP contribution is 2.22. The summed E-state index contributed by atoms with van der Waals surface area (Å²) in [7, 11) is 0. The van der Waals surface area contributed by atoms with Crippen molar-refractivity contribution in [2.75, 3.05) is 6.67 Å². The second-order valence-corrected chi connectivity index (χ2v) is 7.29. The molecule has 0 unspecified atom stereocenters. The third-order valence-corrected chi connectivity index (χ3v) is 4.08. The van der Waals surface area contributed by atoms with E-state index in [0.717, 1.165) is 5.56 Å². The Morgan fingerprint density at radius 2 is 1.92 bits per heavy atom. The zero-order chi connectivity index (χ0) is 19.3. The zero-order valence-electron chi connectivity index (χ0n) is 15.1. The van der Waals surface area contributed by atoms with Gasteiger partial charge in [-0.2, -0.15) is 5.10 Å². The van der Waals surface area contributed by atoms with Crippen LogP contribution in [-0.2, 0) is 12.1 Å². The van der Waals surface area contributed by atoms with Crippen molar-refractivity contribution in [1.82, 2.24) is 9.78 Å². The summed E-state index contributed by atoms with van der Waals surface area (Å²) in [5.41, 5.74) is 0.451. The van der Waals surface area contributed by atoms with Crippen LogP contribution < -0.4 is 10.3 Å². The van der Waals surface area contributed by atoms with Gasteiger partial charge in [-0.3, -0.25) is 14.0 Å². The molecule has 0 aliphatic carbocycles. The molecule has 140 valence electrons. The van der Waals surface area contributed by atoms with Crippen LogP contribution in [0.3, 0.4) is 0 Å². The summed E-state index contributed by atoms with van der Waals surface area (Å²) in [6.45, 7) is 5.25. The van der Waals surface area contributed by atoms with E-state index >= 15 is 0 Å². The third-order valence-electron chi connectivity index (χ3n) is 3.73. The molecule has 0 atom stereocenters. The van der Waals surface area contributed by atoms with Gasteiger partial charge in [0.05, 0.1) is 18.4 Å². The molecule has 1 aromatic carbocycles. The maximum absolute atomic E-state index is 12.3. The Balaban J connectivity index is 2.06. The largest absolute Gasteiger partial charge is 0.485 e. The number of hydrogen-bond donors (Lipinski definition) is 0. The van der Waals surface area contributed by atoms with Crippen molar-refractivity contribution in [3.8, 4) is 5.75 Å². The lowest BCUT2D eigenvalue weighted by Crippen LogP contribution is -2.36. The minimum Gasteiger partial charge on any atom is -0.485 e. The normalized spacial score (nSPS) is 11.4. The summed E-state index contributed by atoms with van der Waals surface area (Å²) >= 11 is 6.11. The first-order valence-electron chi connectivity index (χ1n) is 8.33. The lowest BCUT2D eigenvalue weighted by Gasteiger charge is -2.21. The minimum absolute atomic E-state index is 0.0204. The molecule has 2 rings (SSSR count). The topological polar surface area (TPSA) is 61.2 Å². The lowest BCUT2D eigenvalue weighted by atomic mass is 10.1. The van der Waals surface area contributed by atoms with E-state index in [1.54, 1.807) is 24.3 Å². The second-order valence-electron chi connectivity index (χ2n) is 6.91. The van der Waals surface area contributed by atoms with E-state index in [1.165, 1.54) is 10.9 Å². The van der Waals surface area contributed by atoms with E-state index in [0.29, 0.717) is 5.56 Å². The first-order chi connectivity index (χ1) is 12.2. The molecule has 0 aliphatic rings. The molecule has 7 heteroatoms. The van der Waals surface area contributed by atoms with Gasteiger partial charge >= 0.3 is 0 Å². The number of halogens is 2. The standard InChI is InChI=1S/C19H22ClFN2O3/c1-19(2,3)23-18(25)17(20)16(11-22-23)26-12-13-6-8-14(9-7-13)15(24)5-4-10-21/h6-9,11H,4-5,10,12H2,1-3H3. The molecule has 2 aromatic rings. The van der Waals surface area contributed by atoms with Gasteiger partial charge in [-0.05, 0) is 32.8 Å². The number of benzene rings is 1. The van der Waals surface area contributed by atoms with Crippen LogP contribution in [0.4, 0.5) is 4.39 Å².